The first-order chi connectivity index (χ1) is 20.4. The molecule has 3 N–H and O–H groups in total. The molecule has 2 aromatic heterocycles. The number of halogens is 2. The number of carbonyl (C=O) groups is 1. The summed E-state index contributed by atoms with van der Waals surface area (Å²) in [4.78, 5) is 20.6. The molecule has 2 heterocycles. The summed E-state index contributed by atoms with van der Waals surface area (Å²) in [6.45, 7) is 4.67. The molecule has 10 heteroatoms. The van der Waals surface area contributed by atoms with Gasteiger partial charge < -0.3 is 25.1 Å². The molecule has 5 rings (SSSR count). The number of hydrogen-bond donors (Lipinski definition) is 3. The van der Waals surface area contributed by atoms with Crippen molar-refractivity contribution in [2.24, 2.45) is 0 Å². The Morgan fingerprint density at radius 2 is 1.81 bits per heavy atom. The Balaban J connectivity index is 1.22. The second kappa shape index (κ2) is 13.7. The van der Waals surface area contributed by atoms with Crippen molar-refractivity contribution in [3.8, 4) is 11.1 Å². The Bertz CT molecular complexity index is 1520. The van der Waals surface area contributed by atoms with Gasteiger partial charge in [0.25, 0.3) is 6.01 Å². The van der Waals surface area contributed by atoms with Crippen LogP contribution in [0.25, 0.3) is 11.1 Å². The van der Waals surface area contributed by atoms with Crippen LogP contribution in [0.15, 0.2) is 65.4 Å². The second-order valence-corrected chi connectivity index (χ2v) is 10.7. The van der Waals surface area contributed by atoms with Gasteiger partial charge in [-0.15, -0.1) is 0 Å². The molecule has 4 aromatic rings. The lowest BCUT2D eigenvalue weighted by atomic mass is 9.91. The van der Waals surface area contributed by atoms with Crippen molar-refractivity contribution in [2.75, 3.05) is 22.6 Å². The molecule has 42 heavy (non-hydrogen) atoms. The highest BCUT2D eigenvalue weighted by atomic mass is 35.5. The largest absolute Gasteiger partial charge is 0.461 e. The van der Waals surface area contributed by atoms with Crippen LogP contribution in [0, 0.1) is 5.82 Å². The lowest BCUT2D eigenvalue weighted by Gasteiger charge is -2.29. The van der Waals surface area contributed by atoms with Crippen molar-refractivity contribution >= 4 is 35.1 Å². The number of carbonyl (C=O) groups excluding carboxylic acids is 1. The summed E-state index contributed by atoms with van der Waals surface area (Å²) in [5.41, 5.74) is 5.13. The van der Waals surface area contributed by atoms with Gasteiger partial charge in [0.05, 0.1) is 11.6 Å². The lowest BCUT2D eigenvalue weighted by Crippen LogP contribution is -2.32. The standard InChI is InChI=1S/C32H35ClFN5O3/c1-3-24-25(9-6-10-28(24)35-17-20-7-5-8-21(34)15-20)26-16-30(36-18-27(26)33)37-22-11-13-23(14-12-22)38-32-39-29(19-42-32)31(40)41-4-2/h5-10,15-16,18-19,22-23,35H,3-4,11-14,17H2,1-2H3,(H,36,37)(H,38,39). The number of nitrogens with one attached hydrogen (secondary N) is 3. The summed E-state index contributed by atoms with van der Waals surface area (Å²) in [6.07, 6.45) is 7.50. The number of anilines is 3. The quantitative estimate of drug-likeness (QED) is 0.152. The van der Waals surface area contributed by atoms with E-state index in [-0.39, 0.29) is 30.2 Å². The maximum Gasteiger partial charge on any atom is 0.360 e. The van der Waals surface area contributed by atoms with E-state index in [2.05, 4.69) is 38.9 Å². The topological polar surface area (TPSA) is 101 Å². The van der Waals surface area contributed by atoms with E-state index in [0.717, 1.165) is 65.9 Å². The first-order valence-corrected chi connectivity index (χ1v) is 14.7. The predicted octanol–water partition coefficient (Wildman–Crippen LogP) is 7.72. The fourth-order valence-corrected chi connectivity index (χ4v) is 5.56. The fourth-order valence-electron chi connectivity index (χ4n) is 5.36. The Hall–Kier alpha value is -4.11. The molecule has 1 aliphatic rings. The Labute approximate surface area is 250 Å². The molecule has 0 radical (unpaired) electrons. The van der Waals surface area contributed by atoms with Crippen LogP contribution >= 0.6 is 11.6 Å². The molecule has 1 fully saturated rings. The highest BCUT2D eigenvalue weighted by Crippen LogP contribution is 2.36. The molecule has 220 valence electrons. The van der Waals surface area contributed by atoms with Gasteiger partial charge in [-0.2, -0.15) is 4.98 Å². The third kappa shape index (κ3) is 7.20. The zero-order chi connectivity index (χ0) is 29.5. The van der Waals surface area contributed by atoms with Crippen molar-refractivity contribution < 1.29 is 18.3 Å². The monoisotopic (exact) mass is 591 g/mol. The van der Waals surface area contributed by atoms with E-state index in [1.807, 2.05) is 24.3 Å². The zero-order valence-electron chi connectivity index (χ0n) is 23.8. The number of benzene rings is 2. The number of hydrogen-bond acceptors (Lipinski definition) is 8. The SMILES string of the molecule is CCOC(=O)c1coc(NC2CCC(Nc3cc(-c4cccc(NCc5cccc(F)c5)c4CC)c(Cl)cn3)CC2)n1. The summed E-state index contributed by atoms with van der Waals surface area (Å²) in [5, 5.41) is 10.9. The summed E-state index contributed by atoms with van der Waals surface area (Å²) in [7, 11) is 0. The molecule has 1 saturated carbocycles. The Morgan fingerprint density at radius 3 is 2.55 bits per heavy atom. The number of ether oxygens (including phenoxy) is 1. The normalized spacial score (nSPS) is 16.6. The Morgan fingerprint density at radius 1 is 1.05 bits per heavy atom. The third-order valence-electron chi connectivity index (χ3n) is 7.44. The van der Waals surface area contributed by atoms with Crippen LogP contribution in [-0.2, 0) is 17.7 Å². The van der Waals surface area contributed by atoms with E-state index in [1.54, 1.807) is 25.3 Å². The summed E-state index contributed by atoms with van der Waals surface area (Å²) < 4.78 is 24.0. The average Bonchev–Trinajstić information content (AvgIpc) is 3.47. The minimum atomic E-state index is -0.491. The van der Waals surface area contributed by atoms with Crippen molar-refractivity contribution in [2.45, 2.75) is 64.6 Å². The van der Waals surface area contributed by atoms with Crippen LogP contribution in [0.4, 0.5) is 21.9 Å². The average molecular weight is 592 g/mol. The van der Waals surface area contributed by atoms with Gasteiger partial charge in [0.1, 0.15) is 17.9 Å². The summed E-state index contributed by atoms with van der Waals surface area (Å²) >= 11 is 6.68. The van der Waals surface area contributed by atoms with Gasteiger partial charge in [0.15, 0.2) is 5.69 Å². The predicted molar refractivity (Wildman–Crippen MR) is 164 cm³/mol. The molecular weight excluding hydrogens is 557 g/mol. The van der Waals surface area contributed by atoms with Crippen LogP contribution in [0.5, 0.6) is 0 Å². The highest BCUT2D eigenvalue weighted by molar-refractivity contribution is 6.33. The number of oxazole rings is 1. The maximum atomic E-state index is 13.7. The molecule has 0 saturated heterocycles. The molecule has 1 aliphatic carbocycles. The van der Waals surface area contributed by atoms with Gasteiger partial charge in [0.2, 0.25) is 0 Å². The van der Waals surface area contributed by atoms with Crippen LogP contribution < -0.4 is 16.0 Å². The van der Waals surface area contributed by atoms with Gasteiger partial charge >= 0.3 is 5.97 Å². The number of rotatable bonds is 11. The van der Waals surface area contributed by atoms with Crippen molar-refractivity contribution in [1.29, 1.82) is 0 Å². The van der Waals surface area contributed by atoms with Gasteiger partial charge in [-0.05, 0) is 80.0 Å². The second-order valence-electron chi connectivity index (χ2n) is 10.3. The van der Waals surface area contributed by atoms with E-state index >= 15 is 0 Å². The van der Waals surface area contributed by atoms with E-state index in [0.29, 0.717) is 17.6 Å². The minimum Gasteiger partial charge on any atom is -0.461 e. The molecule has 8 nitrogen and oxygen atoms in total. The number of nitrogens with zero attached hydrogens (tertiary/aromatic N) is 2. The molecular formula is C32H35ClFN5O3. The first kappa shape index (κ1) is 29.4. The van der Waals surface area contributed by atoms with Crippen LogP contribution in [0.2, 0.25) is 5.02 Å². The number of aromatic nitrogens is 2. The Kier molecular flexibility index (Phi) is 9.59. The summed E-state index contributed by atoms with van der Waals surface area (Å²) in [5.74, 6) is 0.0407. The van der Waals surface area contributed by atoms with E-state index < -0.39 is 5.97 Å². The molecule has 2 aromatic carbocycles. The van der Waals surface area contributed by atoms with Crippen molar-refractivity contribution in [1.82, 2.24) is 9.97 Å². The first-order valence-electron chi connectivity index (χ1n) is 14.3. The number of esters is 1. The van der Waals surface area contributed by atoms with Crippen LogP contribution in [-0.4, -0.2) is 34.6 Å². The minimum absolute atomic E-state index is 0.165. The molecule has 0 amide bonds. The molecule has 0 spiro atoms. The molecule has 0 unspecified atom stereocenters. The fraction of sp³-hybridized carbons (Fsp3) is 0.344. The van der Waals surface area contributed by atoms with Crippen molar-refractivity contribution in [3.63, 3.8) is 0 Å². The van der Waals surface area contributed by atoms with E-state index in [9.17, 15) is 9.18 Å². The summed E-state index contributed by atoms with van der Waals surface area (Å²) in [6, 6.07) is 15.5. The van der Waals surface area contributed by atoms with Gasteiger partial charge in [-0.25, -0.2) is 14.2 Å². The number of pyridine rings is 1. The molecule has 0 aliphatic heterocycles. The van der Waals surface area contributed by atoms with Gasteiger partial charge in [0, 0.05) is 36.1 Å². The van der Waals surface area contributed by atoms with Crippen LogP contribution in [0.3, 0.4) is 0 Å². The van der Waals surface area contributed by atoms with Gasteiger partial charge in [-0.3, -0.25) is 0 Å². The zero-order valence-corrected chi connectivity index (χ0v) is 24.5. The third-order valence-corrected chi connectivity index (χ3v) is 7.74. The van der Waals surface area contributed by atoms with Gasteiger partial charge in [-0.1, -0.05) is 42.8 Å². The van der Waals surface area contributed by atoms with Crippen molar-refractivity contribution in [3.05, 3.63) is 88.7 Å². The maximum absolute atomic E-state index is 13.7. The molecule has 0 bridgehead atoms. The lowest BCUT2D eigenvalue weighted by molar-refractivity contribution is 0.0519. The molecule has 0 atom stereocenters. The van der Waals surface area contributed by atoms with Crippen LogP contribution in [0.1, 0.15) is 61.1 Å². The smallest absolute Gasteiger partial charge is 0.360 e. The highest BCUT2D eigenvalue weighted by Gasteiger charge is 2.24. The van der Waals surface area contributed by atoms with E-state index in [4.69, 9.17) is 20.8 Å². The van der Waals surface area contributed by atoms with E-state index in [1.165, 1.54) is 12.3 Å².